The molecule has 1 unspecified atom stereocenters. The number of nitriles is 1. The molecule has 0 bridgehead atoms. The Balaban J connectivity index is 4.73. The standard InChI is InChI=1S/C14H23NO2/c1-5-9-14(7-3,8-4)12(10-15)11-17-13(16)6-2/h6,12H,2,5,7-9,11H2,1,3-4H3. The van der Waals surface area contributed by atoms with Crippen molar-refractivity contribution in [3.63, 3.8) is 0 Å². The Morgan fingerprint density at radius 1 is 1.47 bits per heavy atom. The minimum atomic E-state index is -0.456. The number of ether oxygens (including phenoxy) is 1. The van der Waals surface area contributed by atoms with E-state index in [-0.39, 0.29) is 17.9 Å². The molecule has 0 rings (SSSR count). The van der Waals surface area contributed by atoms with Crippen LogP contribution in [-0.4, -0.2) is 12.6 Å². The van der Waals surface area contributed by atoms with Crippen molar-refractivity contribution < 1.29 is 9.53 Å². The number of hydrogen-bond acceptors (Lipinski definition) is 3. The third-order valence-electron chi connectivity index (χ3n) is 3.61. The van der Waals surface area contributed by atoms with Gasteiger partial charge in [0.1, 0.15) is 6.61 Å². The quantitative estimate of drug-likeness (QED) is 0.480. The minimum absolute atomic E-state index is 0.0368. The lowest BCUT2D eigenvalue weighted by molar-refractivity contribution is -0.139. The van der Waals surface area contributed by atoms with Crippen molar-refractivity contribution in [1.82, 2.24) is 0 Å². The first-order chi connectivity index (χ1) is 8.10. The van der Waals surface area contributed by atoms with E-state index in [1.54, 1.807) is 0 Å². The second-order valence-electron chi connectivity index (χ2n) is 4.34. The summed E-state index contributed by atoms with van der Waals surface area (Å²) in [6.07, 6.45) is 5.02. The molecule has 1 atom stereocenters. The van der Waals surface area contributed by atoms with E-state index in [9.17, 15) is 10.1 Å². The predicted octanol–water partition coefficient (Wildman–Crippen LogP) is 3.46. The van der Waals surface area contributed by atoms with Gasteiger partial charge in [0.15, 0.2) is 0 Å². The molecule has 0 aliphatic heterocycles. The normalized spacial score (nSPS) is 12.6. The first kappa shape index (κ1) is 15.7. The van der Waals surface area contributed by atoms with Crippen molar-refractivity contribution in [3.05, 3.63) is 12.7 Å². The lowest BCUT2D eigenvalue weighted by atomic mass is 9.69. The molecule has 0 aromatic carbocycles. The SMILES string of the molecule is C=CC(=O)OCC(C#N)C(CC)(CC)CCC. The lowest BCUT2D eigenvalue weighted by Crippen LogP contribution is -2.32. The van der Waals surface area contributed by atoms with Gasteiger partial charge in [-0.2, -0.15) is 5.26 Å². The molecule has 96 valence electrons. The molecule has 0 aromatic rings. The number of hydrogen-bond donors (Lipinski definition) is 0. The summed E-state index contributed by atoms with van der Waals surface area (Å²) in [5, 5.41) is 9.27. The zero-order valence-corrected chi connectivity index (χ0v) is 11.2. The summed E-state index contributed by atoms with van der Waals surface area (Å²) < 4.78 is 5.02. The van der Waals surface area contributed by atoms with Gasteiger partial charge in [-0.3, -0.25) is 0 Å². The van der Waals surface area contributed by atoms with Crippen LogP contribution in [0.4, 0.5) is 0 Å². The third-order valence-corrected chi connectivity index (χ3v) is 3.61. The molecular weight excluding hydrogens is 214 g/mol. The summed E-state index contributed by atoms with van der Waals surface area (Å²) in [7, 11) is 0. The summed E-state index contributed by atoms with van der Waals surface area (Å²) in [6.45, 7) is 9.82. The molecule has 0 saturated heterocycles. The van der Waals surface area contributed by atoms with E-state index in [4.69, 9.17) is 4.74 Å². The van der Waals surface area contributed by atoms with Crippen LogP contribution in [0.1, 0.15) is 46.5 Å². The highest BCUT2D eigenvalue weighted by Crippen LogP contribution is 2.39. The van der Waals surface area contributed by atoms with Crippen LogP contribution in [0.3, 0.4) is 0 Å². The van der Waals surface area contributed by atoms with Crippen molar-refractivity contribution in [1.29, 1.82) is 5.26 Å². The average Bonchev–Trinajstić information content (AvgIpc) is 2.37. The predicted molar refractivity (Wildman–Crippen MR) is 68.2 cm³/mol. The lowest BCUT2D eigenvalue weighted by Gasteiger charge is -2.35. The Hall–Kier alpha value is -1.30. The van der Waals surface area contributed by atoms with E-state index < -0.39 is 5.97 Å². The van der Waals surface area contributed by atoms with Crippen molar-refractivity contribution in [2.45, 2.75) is 46.5 Å². The monoisotopic (exact) mass is 237 g/mol. The Bertz CT molecular complexity index is 287. The van der Waals surface area contributed by atoms with Gasteiger partial charge in [-0.25, -0.2) is 4.79 Å². The topological polar surface area (TPSA) is 50.1 Å². The Kier molecular flexibility index (Phi) is 7.29. The van der Waals surface area contributed by atoms with Crippen LogP contribution < -0.4 is 0 Å². The Labute approximate surface area is 104 Å². The van der Waals surface area contributed by atoms with E-state index >= 15 is 0 Å². The molecule has 0 saturated carbocycles. The molecule has 0 heterocycles. The van der Waals surface area contributed by atoms with Crippen molar-refractivity contribution in [3.8, 4) is 6.07 Å². The van der Waals surface area contributed by atoms with Crippen molar-refractivity contribution in [2.24, 2.45) is 11.3 Å². The number of nitrogens with zero attached hydrogens (tertiary/aromatic N) is 1. The van der Waals surface area contributed by atoms with Gasteiger partial charge in [-0.1, -0.05) is 33.8 Å². The van der Waals surface area contributed by atoms with Crippen LogP contribution in [-0.2, 0) is 9.53 Å². The molecule has 0 aliphatic rings. The average molecular weight is 237 g/mol. The fourth-order valence-corrected chi connectivity index (χ4v) is 2.34. The van der Waals surface area contributed by atoms with E-state index in [1.807, 2.05) is 0 Å². The summed E-state index contributed by atoms with van der Waals surface area (Å²) in [5.74, 6) is -0.691. The van der Waals surface area contributed by atoms with Crippen LogP contribution >= 0.6 is 0 Å². The first-order valence-corrected chi connectivity index (χ1v) is 6.29. The molecule has 0 amide bonds. The van der Waals surface area contributed by atoms with Gasteiger partial charge in [0.2, 0.25) is 0 Å². The molecule has 3 heteroatoms. The van der Waals surface area contributed by atoms with Gasteiger partial charge in [0.05, 0.1) is 12.0 Å². The van der Waals surface area contributed by atoms with Gasteiger partial charge in [0.25, 0.3) is 0 Å². The second-order valence-corrected chi connectivity index (χ2v) is 4.34. The van der Waals surface area contributed by atoms with E-state index in [1.165, 1.54) is 0 Å². The molecule has 17 heavy (non-hydrogen) atoms. The fourth-order valence-electron chi connectivity index (χ4n) is 2.34. The van der Waals surface area contributed by atoms with Crippen molar-refractivity contribution >= 4 is 5.97 Å². The van der Waals surface area contributed by atoms with E-state index in [0.717, 1.165) is 31.8 Å². The molecule has 0 N–H and O–H groups in total. The third kappa shape index (κ3) is 4.22. The van der Waals surface area contributed by atoms with Crippen LogP contribution in [0.5, 0.6) is 0 Å². The number of carbonyl (C=O) groups is 1. The van der Waals surface area contributed by atoms with Gasteiger partial charge >= 0.3 is 5.97 Å². The maximum atomic E-state index is 11.0. The summed E-state index contributed by atoms with van der Waals surface area (Å²) >= 11 is 0. The van der Waals surface area contributed by atoms with Crippen LogP contribution in [0, 0.1) is 22.7 Å². The highest BCUT2D eigenvalue weighted by Gasteiger charge is 2.35. The maximum absolute atomic E-state index is 11.0. The highest BCUT2D eigenvalue weighted by atomic mass is 16.5. The number of esters is 1. The van der Waals surface area contributed by atoms with Gasteiger partial charge in [0, 0.05) is 6.08 Å². The van der Waals surface area contributed by atoms with Crippen LogP contribution in [0.2, 0.25) is 0 Å². The van der Waals surface area contributed by atoms with E-state index in [2.05, 4.69) is 33.4 Å². The summed E-state index contributed by atoms with van der Waals surface area (Å²) in [5.41, 5.74) is -0.0368. The zero-order valence-electron chi connectivity index (χ0n) is 11.2. The second kappa shape index (κ2) is 7.89. The van der Waals surface area contributed by atoms with Crippen molar-refractivity contribution in [2.75, 3.05) is 6.61 Å². The number of rotatable bonds is 8. The Morgan fingerprint density at radius 3 is 2.41 bits per heavy atom. The molecule has 0 fully saturated rings. The van der Waals surface area contributed by atoms with E-state index in [0.29, 0.717) is 0 Å². The smallest absolute Gasteiger partial charge is 0.330 e. The molecule has 0 aromatic heterocycles. The van der Waals surface area contributed by atoms with Crippen LogP contribution in [0.15, 0.2) is 12.7 Å². The van der Waals surface area contributed by atoms with Gasteiger partial charge < -0.3 is 4.74 Å². The largest absolute Gasteiger partial charge is 0.461 e. The molecule has 0 aliphatic carbocycles. The highest BCUT2D eigenvalue weighted by molar-refractivity contribution is 5.81. The zero-order chi connectivity index (χ0) is 13.3. The van der Waals surface area contributed by atoms with Gasteiger partial charge in [-0.05, 0) is 24.7 Å². The maximum Gasteiger partial charge on any atom is 0.330 e. The first-order valence-electron chi connectivity index (χ1n) is 6.29. The molecule has 3 nitrogen and oxygen atoms in total. The fraction of sp³-hybridized carbons (Fsp3) is 0.714. The minimum Gasteiger partial charge on any atom is -0.461 e. The molecule has 0 spiro atoms. The summed E-state index contributed by atoms with van der Waals surface area (Å²) in [6, 6.07) is 2.30. The number of carbonyl (C=O) groups excluding carboxylic acids is 1. The van der Waals surface area contributed by atoms with Gasteiger partial charge in [-0.15, -0.1) is 0 Å². The Morgan fingerprint density at radius 2 is 2.06 bits per heavy atom. The summed E-state index contributed by atoms with van der Waals surface area (Å²) in [4.78, 5) is 11.0. The van der Waals surface area contributed by atoms with Crippen LogP contribution in [0.25, 0.3) is 0 Å². The molecule has 0 radical (unpaired) electrons. The molecular formula is C14H23NO2.